The first kappa shape index (κ1) is 15.1. The Bertz CT molecular complexity index is 673. The highest BCUT2D eigenvalue weighted by atomic mass is 32.2. The van der Waals surface area contributed by atoms with Gasteiger partial charge in [-0.05, 0) is 30.7 Å². The van der Waals surface area contributed by atoms with Gasteiger partial charge in [0.15, 0.2) is 11.0 Å². The van der Waals surface area contributed by atoms with Crippen LogP contribution in [0.25, 0.3) is 11.4 Å². The number of aromatic nitrogens is 3. The lowest BCUT2D eigenvalue weighted by Crippen LogP contribution is -2.04. The first-order valence-corrected chi connectivity index (χ1v) is 7.42. The molecule has 2 rings (SSSR count). The third-order valence-corrected chi connectivity index (χ3v) is 3.71. The van der Waals surface area contributed by atoms with Crippen molar-refractivity contribution >= 4 is 17.7 Å². The number of rotatable bonds is 6. The van der Waals surface area contributed by atoms with Crippen LogP contribution in [0.4, 0.5) is 0 Å². The maximum absolute atomic E-state index is 10.7. The zero-order valence-electron chi connectivity index (χ0n) is 11.5. The second kappa shape index (κ2) is 6.90. The van der Waals surface area contributed by atoms with E-state index in [1.54, 1.807) is 12.1 Å². The summed E-state index contributed by atoms with van der Waals surface area (Å²) >= 11 is 1.16. The van der Waals surface area contributed by atoms with Crippen molar-refractivity contribution in [2.75, 3.05) is 5.75 Å². The Morgan fingerprint density at radius 1 is 1.38 bits per heavy atom. The Morgan fingerprint density at radius 3 is 2.67 bits per heavy atom. The minimum absolute atomic E-state index is 0.0464. The van der Waals surface area contributed by atoms with E-state index >= 15 is 0 Å². The molecule has 0 saturated carbocycles. The van der Waals surface area contributed by atoms with Gasteiger partial charge in [-0.25, -0.2) is 0 Å². The molecule has 1 aromatic heterocycles. The fourth-order valence-corrected chi connectivity index (χ4v) is 2.54. The summed E-state index contributed by atoms with van der Waals surface area (Å²) in [5, 5.41) is 26.4. The molecule has 0 spiro atoms. The summed E-state index contributed by atoms with van der Waals surface area (Å²) in [4.78, 5) is 10.7. The predicted molar refractivity (Wildman–Crippen MR) is 78.8 cm³/mol. The smallest absolute Gasteiger partial charge is 0.313 e. The zero-order chi connectivity index (χ0) is 15.2. The molecule has 108 valence electrons. The Labute approximate surface area is 126 Å². The van der Waals surface area contributed by atoms with Crippen LogP contribution in [0.5, 0.6) is 0 Å². The minimum Gasteiger partial charge on any atom is -0.481 e. The van der Waals surface area contributed by atoms with Crippen LogP contribution in [0, 0.1) is 11.3 Å². The Morgan fingerprint density at radius 2 is 2.10 bits per heavy atom. The van der Waals surface area contributed by atoms with Crippen molar-refractivity contribution in [3.63, 3.8) is 0 Å². The first-order chi connectivity index (χ1) is 10.2. The van der Waals surface area contributed by atoms with Crippen LogP contribution in [0.3, 0.4) is 0 Å². The molecule has 7 heteroatoms. The number of nitriles is 1. The molecular weight excluding hydrogens is 288 g/mol. The van der Waals surface area contributed by atoms with Crippen molar-refractivity contribution in [1.82, 2.24) is 14.8 Å². The van der Waals surface area contributed by atoms with Gasteiger partial charge in [-0.1, -0.05) is 18.7 Å². The predicted octanol–water partition coefficient (Wildman–Crippen LogP) is 2.40. The highest BCUT2D eigenvalue weighted by Gasteiger charge is 2.14. The van der Waals surface area contributed by atoms with E-state index in [4.69, 9.17) is 10.4 Å². The van der Waals surface area contributed by atoms with Crippen LogP contribution in [0.1, 0.15) is 18.9 Å². The summed E-state index contributed by atoms with van der Waals surface area (Å²) in [5.74, 6) is -0.241. The molecule has 0 aliphatic heterocycles. The van der Waals surface area contributed by atoms with Gasteiger partial charge in [0.2, 0.25) is 0 Å². The van der Waals surface area contributed by atoms with Crippen LogP contribution in [0.2, 0.25) is 0 Å². The third kappa shape index (κ3) is 3.61. The van der Waals surface area contributed by atoms with Crippen molar-refractivity contribution < 1.29 is 9.90 Å². The van der Waals surface area contributed by atoms with Gasteiger partial charge in [-0.3, -0.25) is 4.79 Å². The summed E-state index contributed by atoms with van der Waals surface area (Å²) in [6, 6.07) is 9.16. The van der Waals surface area contributed by atoms with E-state index in [0.717, 1.165) is 23.7 Å². The summed E-state index contributed by atoms with van der Waals surface area (Å²) < 4.78 is 1.91. The second-order valence-corrected chi connectivity index (χ2v) is 5.27. The molecule has 21 heavy (non-hydrogen) atoms. The maximum atomic E-state index is 10.7. The minimum atomic E-state index is -0.883. The van der Waals surface area contributed by atoms with E-state index in [1.807, 2.05) is 23.6 Å². The van der Waals surface area contributed by atoms with Crippen LogP contribution < -0.4 is 0 Å². The molecule has 6 nitrogen and oxygen atoms in total. The highest BCUT2D eigenvalue weighted by molar-refractivity contribution is 7.99. The molecular formula is C14H14N4O2S. The summed E-state index contributed by atoms with van der Waals surface area (Å²) in [7, 11) is 0. The average Bonchev–Trinajstić information content (AvgIpc) is 2.88. The summed E-state index contributed by atoms with van der Waals surface area (Å²) in [6.07, 6.45) is 0.891. The molecule has 2 aromatic rings. The number of hydrogen-bond acceptors (Lipinski definition) is 5. The van der Waals surface area contributed by atoms with E-state index in [1.165, 1.54) is 0 Å². The Hall–Kier alpha value is -2.33. The third-order valence-electron chi connectivity index (χ3n) is 2.76. The van der Waals surface area contributed by atoms with Gasteiger partial charge in [0.05, 0.1) is 17.4 Å². The van der Waals surface area contributed by atoms with Crippen molar-refractivity contribution in [2.24, 2.45) is 0 Å². The lowest BCUT2D eigenvalue weighted by atomic mass is 10.1. The number of aliphatic carboxylic acids is 1. The van der Waals surface area contributed by atoms with Crippen LogP contribution in [-0.4, -0.2) is 31.6 Å². The van der Waals surface area contributed by atoms with E-state index in [0.29, 0.717) is 23.1 Å². The van der Waals surface area contributed by atoms with Gasteiger partial charge in [0, 0.05) is 12.1 Å². The van der Waals surface area contributed by atoms with Crippen LogP contribution >= 0.6 is 11.8 Å². The van der Waals surface area contributed by atoms with Crippen molar-refractivity contribution in [3.05, 3.63) is 29.8 Å². The van der Waals surface area contributed by atoms with E-state index < -0.39 is 5.97 Å². The highest BCUT2D eigenvalue weighted by Crippen LogP contribution is 2.24. The van der Waals surface area contributed by atoms with Gasteiger partial charge in [-0.15, -0.1) is 10.2 Å². The molecule has 0 radical (unpaired) electrons. The second-order valence-electron chi connectivity index (χ2n) is 4.33. The number of carbonyl (C=O) groups is 1. The molecule has 0 saturated heterocycles. The molecule has 0 aliphatic carbocycles. The van der Waals surface area contributed by atoms with E-state index in [-0.39, 0.29) is 5.75 Å². The van der Waals surface area contributed by atoms with Gasteiger partial charge in [-0.2, -0.15) is 5.26 Å². The van der Waals surface area contributed by atoms with Gasteiger partial charge >= 0.3 is 5.97 Å². The molecule has 1 aromatic carbocycles. The van der Waals surface area contributed by atoms with Crippen molar-refractivity contribution in [3.8, 4) is 17.5 Å². The van der Waals surface area contributed by atoms with E-state index in [2.05, 4.69) is 16.3 Å². The molecule has 0 atom stereocenters. The largest absolute Gasteiger partial charge is 0.481 e. The molecule has 0 bridgehead atoms. The lowest BCUT2D eigenvalue weighted by Gasteiger charge is -2.08. The molecule has 0 aliphatic rings. The van der Waals surface area contributed by atoms with Crippen molar-refractivity contribution in [1.29, 1.82) is 5.26 Å². The summed E-state index contributed by atoms with van der Waals surface area (Å²) in [5.41, 5.74) is 1.44. The maximum Gasteiger partial charge on any atom is 0.313 e. The topological polar surface area (TPSA) is 91.8 Å². The number of carboxylic acids is 1. The number of nitrogens with zero attached hydrogens (tertiary/aromatic N) is 4. The molecule has 1 heterocycles. The molecule has 1 N–H and O–H groups in total. The zero-order valence-corrected chi connectivity index (χ0v) is 12.3. The van der Waals surface area contributed by atoms with Gasteiger partial charge in [0.25, 0.3) is 0 Å². The number of carboxylic acid groups (broad SMARTS) is 1. The molecule has 0 fully saturated rings. The molecule has 0 unspecified atom stereocenters. The fraction of sp³-hybridized carbons (Fsp3) is 0.286. The average molecular weight is 302 g/mol. The summed E-state index contributed by atoms with van der Waals surface area (Å²) in [6.45, 7) is 2.75. The van der Waals surface area contributed by atoms with Gasteiger partial charge < -0.3 is 9.67 Å². The van der Waals surface area contributed by atoms with Gasteiger partial charge in [0.1, 0.15) is 0 Å². The fourth-order valence-electron chi connectivity index (χ4n) is 1.85. The monoisotopic (exact) mass is 302 g/mol. The Kier molecular flexibility index (Phi) is 4.95. The normalized spacial score (nSPS) is 10.3. The van der Waals surface area contributed by atoms with Crippen molar-refractivity contribution in [2.45, 2.75) is 25.0 Å². The number of thioether (sulfide) groups is 1. The van der Waals surface area contributed by atoms with Crippen LogP contribution in [-0.2, 0) is 11.3 Å². The Balaban J connectivity index is 2.33. The number of benzene rings is 1. The lowest BCUT2D eigenvalue weighted by molar-refractivity contribution is -0.133. The number of hydrogen-bond donors (Lipinski definition) is 1. The quantitative estimate of drug-likeness (QED) is 0.824. The van der Waals surface area contributed by atoms with E-state index in [9.17, 15) is 4.79 Å². The first-order valence-electron chi connectivity index (χ1n) is 6.44. The SMILES string of the molecule is CCCn1c(SCC(=O)O)nnc1-c1ccc(C#N)cc1. The van der Waals surface area contributed by atoms with Crippen LogP contribution in [0.15, 0.2) is 29.4 Å². The standard InChI is InChI=1S/C14H14N4O2S/c1-2-7-18-13(11-5-3-10(8-15)4-6-11)16-17-14(18)21-9-12(19)20/h3-6H,2,7,9H2,1H3,(H,19,20). The molecule has 0 amide bonds.